The largest absolute Gasteiger partial charge is 0.479 e. The van der Waals surface area contributed by atoms with Gasteiger partial charge in [0.2, 0.25) is 0 Å². The van der Waals surface area contributed by atoms with Crippen molar-refractivity contribution < 1.29 is 18.1 Å². The van der Waals surface area contributed by atoms with E-state index in [-0.39, 0.29) is 11.7 Å². The van der Waals surface area contributed by atoms with Gasteiger partial charge in [0.15, 0.2) is 6.10 Å². The summed E-state index contributed by atoms with van der Waals surface area (Å²) in [4.78, 5) is 22.9. The Hall–Kier alpha value is -3.27. The Balaban J connectivity index is 1.98. The van der Waals surface area contributed by atoms with Gasteiger partial charge in [0.25, 0.3) is 5.91 Å². The van der Waals surface area contributed by atoms with Gasteiger partial charge in [-0.05, 0) is 57.5 Å². The third-order valence-corrected chi connectivity index (χ3v) is 5.61. The molecule has 0 saturated heterocycles. The quantitative estimate of drug-likeness (QED) is 0.471. The second kappa shape index (κ2) is 10.6. The normalized spacial score (nSPS) is 13.0. The lowest BCUT2D eigenvalue weighted by atomic mass is 10.1. The molecule has 1 N–H and O–H groups in total. The van der Waals surface area contributed by atoms with Crippen LogP contribution < -0.4 is 10.1 Å². The van der Waals surface area contributed by atoms with E-state index in [1.54, 1.807) is 24.0 Å². The van der Waals surface area contributed by atoms with Crippen LogP contribution in [-0.2, 0) is 15.4 Å². The molecule has 3 rings (SSSR count). The van der Waals surface area contributed by atoms with E-state index in [4.69, 9.17) is 4.74 Å². The average molecular weight is 474 g/mol. The number of thiol groups is 1. The number of carbonyl (C=O) groups excluding carboxylic acids is 1. The molecule has 8 nitrogen and oxygen atoms in total. The van der Waals surface area contributed by atoms with E-state index in [1.807, 2.05) is 20.8 Å². The van der Waals surface area contributed by atoms with Crippen molar-refractivity contribution in [3.63, 3.8) is 0 Å². The zero-order chi connectivity index (χ0) is 24.1. The van der Waals surface area contributed by atoms with Crippen molar-refractivity contribution >= 4 is 44.6 Å². The molecule has 1 unspecified atom stereocenters. The van der Waals surface area contributed by atoms with Gasteiger partial charge in [-0.2, -0.15) is 0 Å². The van der Waals surface area contributed by atoms with E-state index >= 15 is 0 Å². The first-order valence-corrected chi connectivity index (χ1v) is 12.3. The lowest BCUT2D eigenvalue weighted by Gasteiger charge is -2.24. The topological polar surface area (TPSA) is 96.8 Å². The van der Waals surface area contributed by atoms with Crippen LogP contribution in [0.2, 0.25) is 0 Å². The van der Waals surface area contributed by atoms with Crippen LogP contribution in [0.15, 0.2) is 41.0 Å². The Morgan fingerprint density at radius 2 is 1.97 bits per heavy atom. The minimum Gasteiger partial charge on any atom is -0.479 e. The number of hydrogen-bond acceptors (Lipinski definition) is 7. The van der Waals surface area contributed by atoms with Crippen molar-refractivity contribution in [3.05, 3.63) is 48.0 Å². The highest BCUT2D eigenvalue weighted by Crippen LogP contribution is 2.34. The number of anilines is 2. The predicted octanol–water partition coefficient (Wildman–Crippen LogP) is 4.38. The minimum absolute atomic E-state index is 0.177. The molecular formula is C23H28FN5O3S. The van der Waals surface area contributed by atoms with Crippen LogP contribution in [0.1, 0.15) is 26.3 Å². The molecule has 0 aliphatic rings. The SMILES string of the molecule is CCN(CC)C(=O)[C@@H](C)Oc1cc(F)ccc1Nc1ncnc2cc(/N=[SH](/C)=O)cc(C)c12. The third-order valence-electron chi connectivity index (χ3n) is 5.10. The van der Waals surface area contributed by atoms with Gasteiger partial charge in [0.1, 0.15) is 23.7 Å². The minimum atomic E-state index is -1.69. The summed E-state index contributed by atoms with van der Waals surface area (Å²) in [7, 11) is -1.69. The summed E-state index contributed by atoms with van der Waals surface area (Å²) in [5.74, 6) is 0.0249. The van der Waals surface area contributed by atoms with Crippen molar-refractivity contribution in [1.29, 1.82) is 0 Å². The van der Waals surface area contributed by atoms with Gasteiger partial charge in [0, 0.05) is 41.4 Å². The second-order valence-corrected chi connectivity index (χ2v) is 8.61. The van der Waals surface area contributed by atoms with Gasteiger partial charge in [0.05, 0.1) is 16.9 Å². The molecule has 33 heavy (non-hydrogen) atoms. The van der Waals surface area contributed by atoms with Crippen LogP contribution >= 0.6 is 0 Å². The molecule has 0 saturated carbocycles. The number of likely N-dealkylation sites (N-methyl/N-ethyl adjacent to an activating group) is 1. The summed E-state index contributed by atoms with van der Waals surface area (Å²) >= 11 is 0. The molecule has 1 heterocycles. The van der Waals surface area contributed by atoms with E-state index in [1.165, 1.54) is 30.8 Å². The van der Waals surface area contributed by atoms with Crippen LogP contribution in [0, 0.1) is 12.7 Å². The molecule has 0 bridgehead atoms. The van der Waals surface area contributed by atoms with Crippen LogP contribution in [0.3, 0.4) is 0 Å². The molecule has 0 radical (unpaired) electrons. The standard InChI is InChI=1S/C23H28FN5O3S/c1-6-29(7-2)23(30)15(4)32-20-11-16(24)8-9-18(20)27-22-21-14(3)10-17(28-33(5)31)12-19(21)25-13-26-22/h8-13,15,33H,6-7H2,1-5H3,(H,25,26,27)/t15-/m1/s1. The van der Waals surface area contributed by atoms with Gasteiger partial charge in [-0.25, -0.2) is 18.7 Å². The number of aromatic nitrogens is 2. The number of fused-ring (bicyclic) bond motifs is 1. The van der Waals surface area contributed by atoms with E-state index in [9.17, 15) is 13.4 Å². The highest BCUT2D eigenvalue weighted by molar-refractivity contribution is 7.74. The second-order valence-electron chi connectivity index (χ2n) is 7.48. The first-order valence-electron chi connectivity index (χ1n) is 10.6. The molecule has 3 aromatic rings. The Morgan fingerprint density at radius 1 is 1.24 bits per heavy atom. The summed E-state index contributed by atoms with van der Waals surface area (Å²) < 4.78 is 35.5. The number of aryl methyl sites for hydroxylation is 1. The number of rotatable bonds is 8. The van der Waals surface area contributed by atoms with E-state index in [0.29, 0.717) is 35.8 Å². The van der Waals surface area contributed by atoms with Gasteiger partial charge >= 0.3 is 0 Å². The maximum atomic E-state index is 14.0. The Labute approximate surface area is 194 Å². The number of halogens is 1. The van der Waals surface area contributed by atoms with Crippen LogP contribution in [-0.4, -0.2) is 50.4 Å². The van der Waals surface area contributed by atoms with Crippen molar-refractivity contribution in [2.45, 2.75) is 33.8 Å². The highest BCUT2D eigenvalue weighted by atomic mass is 32.2. The molecule has 1 amide bonds. The van der Waals surface area contributed by atoms with Crippen LogP contribution in [0.4, 0.5) is 21.6 Å². The summed E-state index contributed by atoms with van der Waals surface area (Å²) in [6, 6.07) is 7.61. The van der Waals surface area contributed by atoms with Crippen molar-refractivity contribution in [2.24, 2.45) is 4.36 Å². The summed E-state index contributed by atoms with van der Waals surface area (Å²) in [6.07, 6.45) is 2.14. The van der Waals surface area contributed by atoms with E-state index in [0.717, 1.165) is 10.9 Å². The smallest absolute Gasteiger partial charge is 0.263 e. The Morgan fingerprint density at radius 3 is 2.64 bits per heavy atom. The zero-order valence-electron chi connectivity index (χ0n) is 19.3. The molecule has 2 aromatic carbocycles. The maximum Gasteiger partial charge on any atom is 0.263 e. The maximum absolute atomic E-state index is 14.0. The number of carbonyl (C=O) groups is 1. The first kappa shape index (κ1) is 24.4. The lowest BCUT2D eigenvalue weighted by molar-refractivity contribution is -0.137. The first-order chi connectivity index (χ1) is 15.7. The van der Waals surface area contributed by atoms with Gasteiger partial charge < -0.3 is 15.0 Å². The number of amides is 1. The number of nitrogens with zero attached hydrogens (tertiary/aromatic N) is 4. The third kappa shape index (κ3) is 5.75. The molecule has 10 heteroatoms. The van der Waals surface area contributed by atoms with Gasteiger partial charge in [-0.1, -0.05) is 0 Å². The van der Waals surface area contributed by atoms with Crippen LogP contribution in [0.5, 0.6) is 5.75 Å². The fourth-order valence-electron chi connectivity index (χ4n) is 3.55. The predicted molar refractivity (Wildman–Crippen MR) is 130 cm³/mol. The number of benzene rings is 2. The molecule has 0 aliphatic heterocycles. The van der Waals surface area contributed by atoms with Crippen LogP contribution in [0.25, 0.3) is 10.9 Å². The van der Waals surface area contributed by atoms with E-state index < -0.39 is 22.5 Å². The van der Waals surface area contributed by atoms with Gasteiger partial charge in [-0.15, -0.1) is 0 Å². The molecule has 0 spiro atoms. The molecular weight excluding hydrogens is 445 g/mol. The van der Waals surface area contributed by atoms with Gasteiger partial charge in [-0.3, -0.25) is 9.00 Å². The van der Waals surface area contributed by atoms with Crippen molar-refractivity contribution in [1.82, 2.24) is 14.9 Å². The zero-order valence-corrected chi connectivity index (χ0v) is 20.2. The summed E-state index contributed by atoms with van der Waals surface area (Å²) in [5.41, 5.74) is 2.49. The lowest BCUT2D eigenvalue weighted by Crippen LogP contribution is -2.40. The molecule has 176 valence electrons. The molecule has 1 aromatic heterocycles. The Bertz CT molecular complexity index is 1260. The number of nitrogens with one attached hydrogen (secondary N) is 1. The number of ether oxygens (including phenoxy) is 1. The monoisotopic (exact) mass is 473 g/mol. The van der Waals surface area contributed by atoms with Crippen molar-refractivity contribution in [3.8, 4) is 5.75 Å². The number of hydrogen-bond donors (Lipinski definition) is 2. The molecule has 0 fully saturated rings. The van der Waals surface area contributed by atoms with E-state index in [2.05, 4.69) is 19.6 Å². The molecule has 0 aliphatic carbocycles. The highest BCUT2D eigenvalue weighted by Gasteiger charge is 2.21. The Kier molecular flexibility index (Phi) is 7.80. The summed E-state index contributed by atoms with van der Waals surface area (Å²) in [5, 5.41) is 3.93. The fourth-order valence-corrected chi connectivity index (χ4v) is 3.99. The summed E-state index contributed by atoms with van der Waals surface area (Å²) in [6.45, 7) is 8.43. The fraction of sp³-hybridized carbons (Fsp3) is 0.348. The molecule has 2 atom stereocenters. The van der Waals surface area contributed by atoms with Crippen molar-refractivity contribution in [2.75, 3.05) is 24.7 Å². The average Bonchev–Trinajstić information content (AvgIpc) is 2.75.